The van der Waals surface area contributed by atoms with Gasteiger partial charge < -0.3 is 15.0 Å². The molecule has 114 valence electrons. The molecule has 0 radical (unpaired) electrons. The lowest BCUT2D eigenvalue weighted by atomic mass is 9.98. The summed E-state index contributed by atoms with van der Waals surface area (Å²) in [7, 11) is 3.69. The van der Waals surface area contributed by atoms with Gasteiger partial charge in [-0.2, -0.15) is 0 Å². The lowest BCUT2D eigenvalue weighted by Crippen LogP contribution is -2.27. The van der Waals surface area contributed by atoms with Crippen molar-refractivity contribution in [1.82, 2.24) is 4.90 Å². The van der Waals surface area contributed by atoms with Gasteiger partial charge in [-0.25, -0.2) is 0 Å². The van der Waals surface area contributed by atoms with Crippen LogP contribution in [0.1, 0.15) is 21.5 Å². The predicted molar refractivity (Wildman–Crippen MR) is 87.4 cm³/mol. The Morgan fingerprint density at radius 3 is 2.82 bits per heavy atom. The minimum atomic E-state index is -0.134. The molecule has 1 aliphatic heterocycles. The fraction of sp³-hybridized carbons (Fsp3) is 0.278. The summed E-state index contributed by atoms with van der Waals surface area (Å²) in [6.45, 7) is 1.93. The van der Waals surface area contributed by atoms with Crippen molar-refractivity contribution < 1.29 is 9.53 Å². The zero-order chi connectivity index (χ0) is 15.5. The fourth-order valence-electron chi connectivity index (χ4n) is 2.89. The molecule has 2 aromatic carbocycles. The van der Waals surface area contributed by atoms with Crippen LogP contribution in [0.15, 0.2) is 42.5 Å². The van der Waals surface area contributed by atoms with Gasteiger partial charge in [-0.1, -0.05) is 24.3 Å². The average Bonchev–Trinajstić information content (AvgIpc) is 2.54. The molecule has 0 saturated heterocycles. The van der Waals surface area contributed by atoms with Gasteiger partial charge in [0.25, 0.3) is 5.91 Å². The van der Waals surface area contributed by atoms with Gasteiger partial charge in [0, 0.05) is 18.8 Å². The number of likely N-dealkylation sites (N-methyl/N-ethyl adjacent to an activating group) is 1. The van der Waals surface area contributed by atoms with Gasteiger partial charge in [0.1, 0.15) is 5.75 Å². The van der Waals surface area contributed by atoms with Crippen molar-refractivity contribution in [1.29, 1.82) is 0 Å². The molecule has 1 heterocycles. The van der Waals surface area contributed by atoms with E-state index in [9.17, 15) is 4.79 Å². The maximum atomic E-state index is 12.5. The van der Waals surface area contributed by atoms with E-state index >= 15 is 0 Å². The van der Waals surface area contributed by atoms with Crippen LogP contribution in [0.4, 0.5) is 5.69 Å². The topological polar surface area (TPSA) is 41.6 Å². The first-order chi connectivity index (χ1) is 10.7. The highest BCUT2D eigenvalue weighted by Crippen LogP contribution is 2.27. The van der Waals surface area contributed by atoms with Crippen LogP contribution in [0.2, 0.25) is 0 Å². The molecule has 4 nitrogen and oxygen atoms in total. The summed E-state index contributed by atoms with van der Waals surface area (Å²) in [6, 6.07) is 13.4. The molecule has 0 fully saturated rings. The Bertz CT molecular complexity index is 697. The van der Waals surface area contributed by atoms with Crippen molar-refractivity contribution in [2.75, 3.05) is 26.0 Å². The summed E-state index contributed by atoms with van der Waals surface area (Å²) in [6.07, 6.45) is 0.953. The van der Waals surface area contributed by atoms with Crippen LogP contribution in [0.3, 0.4) is 0 Å². The van der Waals surface area contributed by atoms with E-state index in [0.29, 0.717) is 11.3 Å². The Labute approximate surface area is 130 Å². The number of rotatable bonds is 3. The third-order valence-electron chi connectivity index (χ3n) is 4.06. The number of methoxy groups -OCH3 is 1. The molecule has 0 atom stereocenters. The van der Waals surface area contributed by atoms with Gasteiger partial charge in [0.05, 0.1) is 12.7 Å². The van der Waals surface area contributed by atoms with Crippen LogP contribution >= 0.6 is 0 Å². The van der Waals surface area contributed by atoms with E-state index in [-0.39, 0.29) is 5.91 Å². The summed E-state index contributed by atoms with van der Waals surface area (Å²) in [5, 5.41) is 3.04. The van der Waals surface area contributed by atoms with Crippen molar-refractivity contribution in [2.45, 2.75) is 13.0 Å². The number of nitrogens with one attached hydrogen (secondary N) is 1. The van der Waals surface area contributed by atoms with E-state index in [0.717, 1.165) is 25.2 Å². The van der Waals surface area contributed by atoms with Crippen molar-refractivity contribution in [2.24, 2.45) is 0 Å². The Hall–Kier alpha value is -2.33. The summed E-state index contributed by atoms with van der Waals surface area (Å²) < 4.78 is 5.26. The van der Waals surface area contributed by atoms with E-state index in [4.69, 9.17) is 4.74 Å². The number of fused-ring (bicyclic) bond motifs is 1. The van der Waals surface area contributed by atoms with Crippen molar-refractivity contribution >= 4 is 11.6 Å². The van der Waals surface area contributed by atoms with Crippen LogP contribution in [0.25, 0.3) is 0 Å². The third-order valence-corrected chi connectivity index (χ3v) is 4.06. The molecule has 1 N–H and O–H groups in total. The van der Waals surface area contributed by atoms with Crippen LogP contribution in [0.5, 0.6) is 5.75 Å². The van der Waals surface area contributed by atoms with Crippen LogP contribution in [0, 0.1) is 0 Å². The number of para-hydroxylation sites is 1. The van der Waals surface area contributed by atoms with Gasteiger partial charge in [-0.15, -0.1) is 0 Å². The van der Waals surface area contributed by atoms with Gasteiger partial charge in [0.15, 0.2) is 0 Å². The normalized spacial score (nSPS) is 14.3. The predicted octanol–water partition coefficient (Wildman–Crippen LogP) is 2.94. The Morgan fingerprint density at radius 1 is 1.18 bits per heavy atom. The second-order valence-electron chi connectivity index (χ2n) is 5.59. The SMILES string of the molecule is COc1ccccc1C(=O)Nc1cccc2c1CCN(C)C2. The Balaban J connectivity index is 1.88. The minimum Gasteiger partial charge on any atom is -0.496 e. The van der Waals surface area contributed by atoms with E-state index < -0.39 is 0 Å². The zero-order valence-corrected chi connectivity index (χ0v) is 12.9. The van der Waals surface area contributed by atoms with Gasteiger partial charge in [-0.3, -0.25) is 4.79 Å². The molecule has 0 aromatic heterocycles. The molecule has 3 rings (SSSR count). The third kappa shape index (κ3) is 2.83. The van der Waals surface area contributed by atoms with Gasteiger partial charge in [0.2, 0.25) is 0 Å². The number of anilines is 1. The summed E-state index contributed by atoms with van der Waals surface area (Å²) >= 11 is 0. The minimum absolute atomic E-state index is 0.134. The molecule has 1 amide bonds. The molecule has 22 heavy (non-hydrogen) atoms. The summed E-state index contributed by atoms with van der Waals surface area (Å²) in [4.78, 5) is 14.8. The second kappa shape index (κ2) is 6.20. The molecule has 0 bridgehead atoms. The number of nitrogens with zero attached hydrogens (tertiary/aromatic N) is 1. The van der Waals surface area contributed by atoms with Crippen LogP contribution in [-0.4, -0.2) is 31.5 Å². The Morgan fingerprint density at radius 2 is 2.00 bits per heavy atom. The summed E-state index contributed by atoms with van der Waals surface area (Å²) in [5.74, 6) is 0.453. The van der Waals surface area contributed by atoms with Crippen LogP contribution in [-0.2, 0) is 13.0 Å². The molecule has 0 aliphatic carbocycles. The van der Waals surface area contributed by atoms with Crippen molar-refractivity contribution in [3.63, 3.8) is 0 Å². The number of ether oxygens (including phenoxy) is 1. The molecular weight excluding hydrogens is 276 g/mol. The molecule has 4 heteroatoms. The monoisotopic (exact) mass is 296 g/mol. The fourth-order valence-corrected chi connectivity index (χ4v) is 2.89. The average molecular weight is 296 g/mol. The number of hydrogen-bond acceptors (Lipinski definition) is 3. The molecule has 0 saturated carbocycles. The first-order valence-corrected chi connectivity index (χ1v) is 7.42. The van der Waals surface area contributed by atoms with E-state index in [1.165, 1.54) is 11.1 Å². The number of hydrogen-bond donors (Lipinski definition) is 1. The van der Waals surface area contributed by atoms with Gasteiger partial charge in [-0.05, 0) is 42.8 Å². The highest BCUT2D eigenvalue weighted by Gasteiger charge is 2.18. The van der Waals surface area contributed by atoms with Crippen molar-refractivity contribution in [3.8, 4) is 5.75 Å². The number of amides is 1. The lowest BCUT2D eigenvalue weighted by Gasteiger charge is -2.26. The number of carbonyl (C=O) groups excluding carboxylic acids is 1. The first-order valence-electron chi connectivity index (χ1n) is 7.42. The highest BCUT2D eigenvalue weighted by atomic mass is 16.5. The standard InChI is InChI=1S/C18H20N2O2/c1-20-11-10-14-13(12-20)6-5-8-16(14)19-18(21)15-7-3-4-9-17(15)22-2/h3-9H,10-12H2,1-2H3,(H,19,21). The first kappa shape index (κ1) is 14.6. The van der Waals surface area contributed by atoms with E-state index in [1.807, 2.05) is 24.3 Å². The Kier molecular flexibility index (Phi) is 4.11. The number of benzene rings is 2. The molecular formula is C18H20N2O2. The molecule has 0 unspecified atom stereocenters. The number of carbonyl (C=O) groups is 1. The lowest BCUT2D eigenvalue weighted by molar-refractivity contribution is 0.102. The van der Waals surface area contributed by atoms with Gasteiger partial charge >= 0.3 is 0 Å². The zero-order valence-electron chi connectivity index (χ0n) is 12.9. The van der Waals surface area contributed by atoms with E-state index in [1.54, 1.807) is 19.2 Å². The van der Waals surface area contributed by atoms with E-state index in [2.05, 4.69) is 23.3 Å². The summed E-state index contributed by atoms with van der Waals surface area (Å²) in [5.41, 5.74) is 3.98. The second-order valence-corrected chi connectivity index (χ2v) is 5.59. The van der Waals surface area contributed by atoms with Crippen LogP contribution < -0.4 is 10.1 Å². The molecule has 1 aliphatic rings. The quantitative estimate of drug-likeness (QED) is 0.947. The molecule has 2 aromatic rings. The largest absolute Gasteiger partial charge is 0.496 e. The maximum Gasteiger partial charge on any atom is 0.259 e. The highest BCUT2D eigenvalue weighted by molar-refractivity contribution is 6.06. The van der Waals surface area contributed by atoms with Crippen molar-refractivity contribution in [3.05, 3.63) is 59.2 Å². The maximum absolute atomic E-state index is 12.5. The smallest absolute Gasteiger partial charge is 0.259 e. The molecule has 0 spiro atoms.